The van der Waals surface area contributed by atoms with Crippen molar-refractivity contribution in [3.8, 4) is 16.9 Å². The Morgan fingerprint density at radius 3 is 2.07 bits per heavy atom. The quantitative estimate of drug-likeness (QED) is 0.316. The van der Waals surface area contributed by atoms with E-state index in [1.807, 2.05) is 0 Å². The molecule has 0 N–H and O–H groups in total. The second-order valence-electron chi connectivity index (χ2n) is 5.83. The molecular weight excluding hydrogens is 434 g/mol. The molecule has 1 heterocycles. The summed E-state index contributed by atoms with van der Waals surface area (Å²) in [5.74, 6) is -18.1. The van der Waals surface area contributed by atoms with Gasteiger partial charge in [-0.3, -0.25) is 14.5 Å². The number of halogens is 8. The Morgan fingerprint density at radius 2 is 1.53 bits per heavy atom. The van der Waals surface area contributed by atoms with E-state index in [4.69, 9.17) is 0 Å². The molecule has 1 aliphatic heterocycles. The minimum Gasteiger partial charge on any atom is -0.468 e. The van der Waals surface area contributed by atoms with Gasteiger partial charge in [0.15, 0.2) is 29.0 Å². The van der Waals surface area contributed by atoms with Gasteiger partial charge in [0.2, 0.25) is 5.82 Å². The number of fused-ring (bicyclic) bond motifs is 1. The number of benzene rings is 2. The van der Waals surface area contributed by atoms with Crippen LogP contribution in [0.5, 0.6) is 5.75 Å². The van der Waals surface area contributed by atoms with Crippen LogP contribution in [0, 0.1) is 34.9 Å². The van der Waals surface area contributed by atoms with E-state index in [1.165, 1.54) is 0 Å². The van der Waals surface area contributed by atoms with Crippen molar-refractivity contribution in [2.75, 3.05) is 18.6 Å². The minimum absolute atomic E-state index is 0.0552. The van der Waals surface area contributed by atoms with Crippen LogP contribution >= 0.6 is 0 Å². The summed E-state index contributed by atoms with van der Waals surface area (Å²) < 4.78 is 119. The molecule has 30 heavy (non-hydrogen) atoms. The first-order chi connectivity index (χ1) is 13.9. The summed E-state index contributed by atoms with van der Waals surface area (Å²) in [6, 6.07) is 0.479. The van der Waals surface area contributed by atoms with Crippen LogP contribution in [0.2, 0.25) is 0 Å². The molecule has 3 rings (SSSR count). The Hall–Kier alpha value is -3.38. The Bertz CT molecular complexity index is 1060. The van der Waals surface area contributed by atoms with Gasteiger partial charge in [0, 0.05) is 11.6 Å². The molecule has 0 aromatic heterocycles. The second kappa shape index (κ2) is 7.15. The fourth-order valence-corrected chi connectivity index (χ4v) is 2.67. The lowest BCUT2D eigenvalue weighted by molar-refractivity contribution is -0.193. The summed E-state index contributed by atoms with van der Waals surface area (Å²) in [5.41, 5.74) is -3.77. The lowest BCUT2D eigenvalue weighted by Gasteiger charge is -2.33. The first-order valence-electron chi connectivity index (χ1n) is 7.71. The zero-order valence-electron chi connectivity index (χ0n) is 14.5. The molecule has 0 aliphatic carbocycles. The van der Waals surface area contributed by atoms with Crippen LogP contribution in [-0.4, -0.2) is 31.6 Å². The van der Waals surface area contributed by atoms with Crippen LogP contribution in [0.3, 0.4) is 0 Å². The highest BCUT2D eigenvalue weighted by molar-refractivity contribution is 6.04. The number of ether oxygens (including phenoxy) is 2. The van der Waals surface area contributed by atoms with Crippen LogP contribution in [0.1, 0.15) is 0 Å². The predicted molar refractivity (Wildman–Crippen MR) is 81.6 cm³/mol. The van der Waals surface area contributed by atoms with Crippen LogP contribution in [0.4, 0.5) is 40.8 Å². The number of hydrogen-bond donors (Lipinski definition) is 0. The molecule has 0 unspecified atom stereocenters. The van der Waals surface area contributed by atoms with Gasteiger partial charge in [-0.25, -0.2) is 26.3 Å². The van der Waals surface area contributed by atoms with Gasteiger partial charge in [-0.1, -0.05) is 0 Å². The van der Waals surface area contributed by atoms with Gasteiger partial charge < -0.3 is 9.47 Å². The van der Waals surface area contributed by atoms with E-state index in [1.54, 1.807) is 0 Å². The van der Waals surface area contributed by atoms with E-state index in [9.17, 15) is 44.7 Å². The summed E-state index contributed by atoms with van der Waals surface area (Å²) in [7, 11) is 0.858. The van der Waals surface area contributed by atoms with Crippen molar-refractivity contribution in [2.45, 2.75) is 6.11 Å². The van der Waals surface area contributed by atoms with Crippen molar-refractivity contribution in [3.63, 3.8) is 0 Å². The van der Waals surface area contributed by atoms with Crippen molar-refractivity contribution in [1.29, 1.82) is 0 Å². The third kappa shape index (κ3) is 3.19. The molecule has 160 valence electrons. The molecule has 2 aromatic rings. The lowest BCUT2D eigenvalue weighted by Crippen LogP contribution is -2.52. The molecule has 0 saturated carbocycles. The standard InChI is InChI=1S/C17H7F8NO4/c1-29-9(27)4-26-7-2-5(6(18)3-8(7)30-17(24,25)16(26)28)10-11(19)13(21)15(23)14(22)12(10)20/h2-3H,4H2,1H3. The number of amides is 1. The maximum atomic E-state index is 14.4. The number of anilines is 1. The van der Waals surface area contributed by atoms with Crippen LogP contribution in [0.15, 0.2) is 12.1 Å². The monoisotopic (exact) mass is 441 g/mol. The lowest BCUT2D eigenvalue weighted by atomic mass is 10.0. The maximum absolute atomic E-state index is 14.4. The van der Waals surface area contributed by atoms with Gasteiger partial charge in [-0.05, 0) is 6.07 Å². The van der Waals surface area contributed by atoms with Gasteiger partial charge in [-0.15, -0.1) is 0 Å². The van der Waals surface area contributed by atoms with Crippen LogP contribution in [0.25, 0.3) is 11.1 Å². The Balaban J connectivity index is 2.29. The number of nitrogens with zero attached hydrogens (tertiary/aromatic N) is 1. The number of esters is 1. The Kier molecular flexibility index (Phi) is 5.08. The van der Waals surface area contributed by atoms with E-state index in [-0.39, 0.29) is 11.0 Å². The zero-order chi connectivity index (χ0) is 22.5. The molecule has 0 radical (unpaired) electrons. The average molecular weight is 441 g/mol. The van der Waals surface area contributed by atoms with Gasteiger partial charge in [0.25, 0.3) is 0 Å². The fraction of sp³-hybridized carbons (Fsp3) is 0.176. The number of carbonyl (C=O) groups excluding carboxylic acids is 2. The molecule has 0 atom stereocenters. The molecular formula is C17H7F8NO4. The van der Waals surface area contributed by atoms with Crippen molar-refractivity contribution in [1.82, 2.24) is 0 Å². The van der Waals surface area contributed by atoms with Gasteiger partial charge in [0.05, 0.1) is 18.4 Å². The van der Waals surface area contributed by atoms with Crippen molar-refractivity contribution in [3.05, 3.63) is 47.0 Å². The molecule has 2 aromatic carbocycles. The predicted octanol–water partition coefficient (Wildman–Crippen LogP) is 3.68. The highest BCUT2D eigenvalue weighted by Gasteiger charge is 2.51. The SMILES string of the molecule is COC(=O)CN1C(=O)C(F)(F)Oc2cc(F)c(-c3c(F)c(F)c(F)c(F)c3F)cc21. The first-order valence-corrected chi connectivity index (χ1v) is 7.71. The Morgan fingerprint density at radius 1 is 1.00 bits per heavy atom. The molecule has 5 nitrogen and oxygen atoms in total. The normalized spacial score (nSPS) is 15.0. The largest absolute Gasteiger partial charge is 0.482 e. The average Bonchev–Trinajstić information content (AvgIpc) is 2.69. The van der Waals surface area contributed by atoms with Gasteiger partial charge in [-0.2, -0.15) is 8.78 Å². The molecule has 0 saturated heterocycles. The van der Waals surface area contributed by atoms with E-state index in [0.29, 0.717) is 6.07 Å². The summed E-state index contributed by atoms with van der Waals surface area (Å²) >= 11 is 0. The molecule has 0 bridgehead atoms. The number of rotatable bonds is 3. The van der Waals surface area contributed by atoms with E-state index >= 15 is 0 Å². The number of hydrogen-bond acceptors (Lipinski definition) is 4. The second-order valence-corrected chi connectivity index (χ2v) is 5.83. The highest BCUT2D eigenvalue weighted by Crippen LogP contribution is 2.44. The summed E-state index contributed by atoms with van der Waals surface area (Å²) in [6.45, 7) is -1.15. The Labute approximate surface area is 161 Å². The number of methoxy groups -OCH3 is 1. The number of alkyl halides is 2. The number of carbonyl (C=O) groups is 2. The molecule has 0 fully saturated rings. The molecule has 0 spiro atoms. The third-order valence-corrected chi connectivity index (χ3v) is 4.07. The summed E-state index contributed by atoms with van der Waals surface area (Å²) in [4.78, 5) is 23.4. The van der Waals surface area contributed by atoms with E-state index in [2.05, 4.69) is 9.47 Å². The minimum atomic E-state index is -4.54. The highest BCUT2D eigenvalue weighted by atomic mass is 19.3. The molecule has 13 heteroatoms. The van der Waals surface area contributed by atoms with E-state index < -0.39 is 82.0 Å². The molecule has 1 amide bonds. The molecule has 1 aliphatic rings. The van der Waals surface area contributed by atoms with Gasteiger partial charge >= 0.3 is 18.0 Å². The van der Waals surface area contributed by atoms with Crippen molar-refractivity contribution < 1.29 is 54.2 Å². The van der Waals surface area contributed by atoms with Crippen molar-refractivity contribution >= 4 is 17.6 Å². The van der Waals surface area contributed by atoms with E-state index in [0.717, 1.165) is 7.11 Å². The van der Waals surface area contributed by atoms with Crippen LogP contribution in [-0.2, 0) is 14.3 Å². The smallest absolute Gasteiger partial charge is 0.468 e. The third-order valence-electron chi connectivity index (χ3n) is 4.07. The van der Waals surface area contributed by atoms with Gasteiger partial charge in [0.1, 0.15) is 12.4 Å². The summed E-state index contributed by atoms with van der Waals surface area (Å²) in [6.07, 6.45) is -4.54. The maximum Gasteiger partial charge on any atom is 0.482 e. The first kappa shape index (κ1) is 21.3. The topological polar surface area (TPSA) is 55.8 Å². The van der Waals surface area contributed by atoms with Crippen LogP contribution < -0.4 is 9.64 Å². The fourth-order valence-electron chi connectivity index (χ4n) is 2.67. The zero-order valence-corrected chi connectivity index (χ0v) is 14.5. The summed E-state index contributed by atoms with van der Waals surface area (Å²) in [5, 5.41) is 0. The van der Waals surface area contributed by atoms with Crippen molar-refractivity contribution in [2.24, 2.45) is 0 Å².